The van der Waals surface area contributed by atoms with Crippen molar-refractivity contribution in [2.24, 2.45) is 0 Å². The van der Waals surface area contributed by atoms with Gasteiger partial charge in [0.05, 0.1) is 16.2 Å². The van der Waals surface area contributed by atoms with E-state index in [1.54, 1.807) is 39.8 Å². The molecule has 0 saturated heterocycles. The first-order valence-corrected chi connectivity index (χ1v) is 10.2. The molecule has 1 aliphatic carbocycles. The Labute approximate surface area is 160 Å². The average molecular weight is 391 g/mol. The molecule has 27 heavy (non-hydrogen) atoms. The fourth-order valence-corrected chi connectivity index (χ4v) is 4.41. The summed E-state index contributed by atoms with van der Waals surface area (Å²) in [5, 5.41) is 2.65. The second-order valence-corrected chi connectivity index (χ2v) is 9.72. The highest BCUT2D eigenvalue weighted by Crippen LogP contribution is 2.28. The van der Waals surface area contributed by atoms with E-state index in [9.17, 15) is 18.0 Å². The summed E-state index contributed by atoms with van der Waals surface area (Å²) in [6.45, 7) is 8.62. The van der Waals surface area contributed by atoms with E-state index in [-0.39, 0.29) is 10.7 Å². The van der Waals surface area contributed by atoms with Gasteiger partial charge in [0.15, 0.2) is 15.6 Å². The van der Waals surface area contributed by atoms with Crippen molar-refractivity contribution >= 4 is 21.7 Å². The van der Waals surface area contributed by atoms with E-state index < -0.39 is 32.8 Å². The van der Waals surface area contributed by atoms with Crippen LogP contribution in [-0.4, -0.2) is 37.2 Å². The van der Waals surface area contributed by atoms with Gasteiger partial charge in [0.25, 0.3) is 0 Å². The van der Waals surface area contributed by atoms with Crippen molar-refractivity contribution in [3.8, 4) is 0 Å². The van der Waals surface area contributed by atoms with Crippen LogP contribution in [0.4, 0.5) is 4.79 Å². The highest BCUT2D eigenvalue weighted by molar-refractivity contribution is 7.91. The third-order valence-electron chi connectivity index (χ3n) is 4.12. The number of hydrogen-bond donors (Lipinski definition) is 1. The monoisotopic (exact) mass is 391 g/mol. The first-order chi connectivity index (χ1) is 12.3. The number of aryl methyl sites for hydroxylation is 1. The predicted octanol–water partition coefficient (Wildman–Crippen LogP) is 3.12. The van der Waals surface area contributed by atoms with Crippen molar-refractivity contribution in [1.82, 2.24) is 5.32 Å². The maximum atomic E-state index is 13.0. The van der Waals surface area contributed by atoms with Gasteiger partial charge in [-0.05, 0) is 70.6 Å². The zero-order valence-corrected chi connectivity index (χ0v) is 17.0. The van der Waals surface area contributed by atoms with Crippen LogP contribution in [0, 0.1) is 6.92 Å². The summed E-state index contributed by atoms with van der Waals surface area (Å²) in [6.07, 6.45) is 3.24. The van der Waals surface area contributed by atoms with Gasteiger partial charge >= 0.3 is 6.09 Å². The number of hydrogen-bond acceptors (Lipinski definition) is 5. The normalized spacial score (nSPS) is 20.2. The fraction of sp³-hybridized carbons (Fsp3) is 0.400. The average Bonchev–Trinajstić information content (AvgIpc) is 2.49. The molecule has 1 N–H and O–H groups in total. The van der Waals surface area contributed by atoms with Gasteiger partial charge in [-0.1, -0.05) is 17.7 Å². The van der Waals surface area contributed by atoms with Crippen molar-refractivity contribution in [3.05, 3.63) is 53.6 Å². The maximum Gasteiger partial charge on any atom is 0.408 e. The molecular weight excluding hydrogens is 366 g/mol. The molecule has 2 rings (SSSR count). The van der Waals surface area contributed by atoms with Crippen molar-refractivity contribution in [3.63, 3.8) is 0 Å². The number of carbonyl (C=O) groups is 2. The minimum absolute atomic E-state index is 0.150. The van der Waals surface area contributed by atoms with E-state index in [0.29, 0.717) is 5.57 Å². The fourth-order valence-electron chi connectivity index (χ4n) is 2.70. The lowest BCUT2D eigenvalue weighted by Crippen LogP contribution is -2.54. The number of rotatable bonds is 4. The highest BCUT2D eigenvalue weighted by atomic mass is 32.2. The molecule has 1 aromatic rings. The molecule has 0 bridgehead atoms. The number of alkyl carbamates (subject to hydrolysis) is 1. The number of amides is 1. The summed E-state index contributed by atoms with van der Waals surface area (Å²) in [5.41, 5.74) is -0.737. The van der Waals surface area contributed by atoms with Gasteiger partial charge < -0.3 is 10.1 Å². The summed E-state index contributed by atoms with van der Waals surface area (Å²) in [6, 6.07) is 6.48. The minimum atomic E-state index is -3.75. The molecule has 0 fully saturated rings. The number of nitrogens with one attached hydrogen (secondary N) is 1. The van der Waals surface area contributed by atoms with Crippen LogP contribution in [0.15, 0.2) is 53.0 Å². The molecule has 1 atom stereocenters. The van der Waals surface area contributed by atoms with Crippen LogP contribution in [0.2, 0.25) is 0 Å². The maximum absolute atomic E-state index is 13.0. The largest absolute Gasteiger partial charge is 0.444 e. The van der Waals surface area contributed by atoms with Gasteiger partial charge in [-0.2, -0.15) is 0 Å². The van der Waals surface area contributed by atoms with Crippen molar-refractivity contribution < 1.29 is 22.7 Å². The number of ketones is 1. The summed E-state index contributed by atoms with van der Waals surface area (Å²) in [4.78, 5) is 24.2. The summed E-state index contributed by atoms with van der Waals surface area (Å²) < 4.78 is 31.2. The lowest BCUT2D eigenvalue weighted by molar-refractivity contribution is -0.110. The van der Waals surface area contributed by atoms with Crippen molar-refractivity contribution in [2.45, 2.75) is 50.7 Å². The molecule has 0 heterocycles. The van der Waals surface area contributed by atoms with Crippen LogP contribution < -0.4 is 5.32 Å². The Morgan fingerprint density at radius 1 is 1.15 bits per heavy atom. The van der Waals surface area contributed by atoms with E-state index in [1.165, 1.54) is 30.4 Å². The van der Waals surface area contributed by atoms with Gasteiger partial charge in [-0.25, -0.2) is 13.2 Å². The number of sulfone groups is 1. The Kier molecular flexibility index (Phi) is 5.65. The molecule has 1 unspecified atom stereocenters. The van der Waals surface area contributed by atoms with Crippen LogP contribution >= 0.6 is 0 Å². The molecule has 1 amide bonds. The smallest absolute Gasteiger partial charge is 0.408 e. The van der Waals surface area contributed by atoms with Crippen LogP contribution in [0.25, 0.3) is 0 Å². The Hall–Kier alpha value is -2.41. The molecule has 0 aliphatic heterocycles. The molecule has 6 nitrogen and oxygen atoms in total. The molecule has 0 spiro atoms. The van der Waals surface area contributed by atoms with E-state index in [4.69, 9.17) is 4.74 Å². The first kappa shape index (κ1) is 20.9. The predicted molar refractivity (Wildman–Crippen MR) is 103 cm³/mol. The van der Waals surface area contributed by atoms with Crippen LogP contribution in [0.3, 0.4) is 0 Å². The minimum Gasteiger partial charge on any atom is -0.444 e. The van der Waals surface area contributed by atoms with E-state index in [2.05, 4.69) is 5.32 Å². The Balaban J connectivity index is 2.40. The van der Waals surface area contributed by atoms with Gasteiger partial charge in [0, 0.05) is 0 Å². The van der Waals surface area contributed by atoms with Gasteiger partial charge in [-0.15, -0.1) is 0 Å². The molecular formula is C20H25NO5S. The van der Waals surface area contributed by atoms with Gasteiger partial charge in [0.2, 0.25) is 0 Å². The zero-order chi connectivity index (χ0) is 20.5. The molecule has 0 aromatic heterocycles. The third kappa shape index (κ3) is 5.29. The van der Waals surface area contributed by atoms with Crippen molar-refractivity contribution in [1.29, 1.82) is 0 Å². The Bertz CT molecular complexity index is 905. The van der Waals surface area contributed by atoms with E-state index >= 15 is 0 Å². The van der Waals surface area contributed by atoms with Crippen LogP contribution in [0.1, 0.15) is 33.3 Å². The summed E-state index contributed by atoms with van der Waals surface area (Å²) in [5.74, 6) is -0.684. The van der Waals surface area contributed by atoms with Gasteiger partial charge in [-0.3, -0.25) is 4.79 Å². The van der Waals surface area contributed by atoms with Crippen LogP contribution in [0.5, 0.6) is 0 Å². The SMILES string of the molecule is CC1=CC(=O)C=CC1(CS(=O)(=O)c1ccc(C)cc1)NC(=O)OC(C)(C)C. The molecule has 1 aromatic carbocycles. The molecule has 7 heteroatoms. The second-order valence-electron chi connectivity index (χ2n) is 7.73. The third-order valence-corrected chi connectivity index (χ3v) is 5.94. The standard InChI is InChI=1S/C20H25NO5S/c1-14-6-8-17(9-7-14)27(24,25)13-20(11-10-16(22)12-15(20)2)21-18(23)26-19(3,4)5/h6-12H,13H2,1-5H3,(H,21,23). The summed E-state index contributed by atoms with van der Waals surface area (Å²) >= 11 is 0. The Morgan fingerprint density at radius 3 is 2.26 bits per heavy atom. The number of allylic oxidation sites excluding steroid dienone is 2. The first-order valence-electron chi connectivity index (χ1n) is 8.56. The number of benzene rings is 1. The van der Waals surface area contributed by atoms with Crippen molar-refractivity contribution in [2.75, 3.05) is 5.75 Å². The lowest BCUT2D eigenvalue weighted by Gasteiger charge is -2.35. The second kappa shape index (κ2) is 7.31. The highest BCUT2D eigenvalue weighted by Gasteiger charge is 2.40. The Morgan fingerprint density at radius 2 is 1.74 bits per heavy atom. The molecule has 146 valence electrons. The topological polar surface area (TPSA) is 89.5 Å². The van der Waals surface area contributed by atoms with E-state index in [1.807, 2.05) is 6.92 Å². The molecule has 0 saturated carbocycles. The number of carbonyl (C=O) groups excluding carboxylic acids is 2. The molecule has 1 aliphatic rings. The molecule has 0 radical (unpaired) electrons. The number of ether oxygens (including phenoxy) is 1. The summed E-state index contributed by atoms with van der Waals surface area (Å²) in [7, 11) is -3.75. The lowest BCUT2D eigenvalue weighted by atomic mass is 9.87. The zero-order valence-electron chi connectivity index (χ0n) is 16.2. The van der Waals surface area contributed by atoms with Gasteiger partial charge in [0.1, 0.15) is 5.60 Å². The van der Waals surface area contributed by atoms with E-state index in [0.717, 1.165) is 5.56 Å². The quantitative estimate of drug-likeness (QED) is 0.852. The van der Waals surface area contributed by atoms with Crippen LogP contribution in [-0.2, 0) is 19.4 Å².